The van der Waals surface area contributed by atoms with Crippen molar-refractivity contribution in [3.05, 3.63) is 35.9 Å². The van der Waals surface area contributed by atoms with Crippen LogP contribution in [0, 0.1) is 5.92 Å². The van der Waals surface area contributed by atoms with E-state index >= 15 is 0 Å². The van der Waals surface area contributed by atoms with Gasteiger partial charge in [-0.25, -0.2) is 4.79 Å². The van der Waals surface area contributed by atoms with Crippen LogP contribution < -0.4 is 11.1 Å². The Bertz CT molecular complexity index is 392. The number of amides is 1. The summed E-state index contributed by atoms with van der Waals surface area (Å²) >= 11 is 0. The standard InChI is InChI=1S/C15H22N2O2.ClH/c16-14-8-6-12(7-9-14)10-17-15(18)19-11-13-4-2-1-3-5-13;/h1-5,12,14H,6-11,16H2,(H,17,18);1H/t12-,14+;. The van der Waals surface area contributed by atoms with Gasteiger partial charge < -0.3 is 15.8 Å². The Balaban J connectivity index is 0.00000200. The monoisotopic (exact) mass is 298 g/mol. The number of carbonyl (C=O) groups is 1. The van der Waals surface area contributed by atoms with E-state index in [2.05, 4.69) is 5.32 Å². The highest BCUT2D eigenvalue weighted by atomic mass is 35.5. The lowest BCUT2D eigenvalue weighted by molar-refractivity contribution is 0.136. The third kappa shape index (κ3) is 5.80. The molecule has 0 spiro atoms. The molecule has 112 valence electrons. The summed E-state index contributed by atoms with van der Waals surface area (Å²) in [6.07, 6.45) is 3.98. The maximum absolute atomic E-state index is 11.6. The molecule has 0 bridgehead atoms. The summed E-state index contributed by atoms with van der Waals surface area (Å²) in [5.41, 5.74) is 6.85. The molecule has 5 heteroatoms. The number of halogens is 1. The Morgan fingerprint density at radius 3 is 2.50 bits per heavy atom. The third-order valence-electron chi connectivity index (χ3n) is 3.64. The van der Waals surface area contributed by atoms with Crippen molar-refractivity contribution < 1.29 is 9.53 Å². The van der Waals surface area contributed by atoms with Gasteiger partial charge in [0, 0.05) is 12.6 Å². The van der Waals surface area contributed by atoms with Gasteiger partial charge in [-0.2, -0.15) is 0 Å². The highest BCUT2D eigenvalue weighted by Gasteiger charge is 2.19. The SMILES string of the molecule is Cl.N[C@H]1CC[C@@H](CNC(=O)OCc2ccccc2)CC1. The lowest BCUT2D eigenvalue weighted by atomic mass is 9.86. The van der Waals surface area contributed by atoms with Crippen molar-refractivity contribution in [1.29, 1.82) is 0 Å². The summed E-state index contributed by atoms with van der Waals surface area (Å²) in [5.74, 6) is 0.545. The van der Waals surface area contributed by atoms with Gasteiger partial charge in [-0.15, -0.1) is 12.4 Å². The second-order valence-electron chi connectivity index (χ2n) is 5.22. The predicted molar refractivity (Wildman–Crippen MR) is 81.8 cm³/mol. The topological polar surface area (TPSA) is 64.3 Å². The molecule has 1 fully saturated rings. The number of hydrogen-bond acceptors (Lipinski definition) is 3. The fourth-order valence-electron chi connectivity index (χ4n) is 2.39. The number of benzene rings is 1. The van der Waals surface area contributed by atoms with Crippen molar-refractivity contribution in [2.75, 3.05) is 6.54 Å². The van der Waals surface area contributed by atoms with Crippen LogP contribution in [-0.4, -0.2) is 18.7 Å². The number of carbonyl (C=O) groups excluding carboxylic acids is 1. The van der Waals surface area contributed by atoms with E-state index in [0.29, 0.717) is 25.1 Å². The smallest absolute Gasteiger partial charge is 0.407 e. The van der Waals surface area contributed by atoms with Crippen molar-refractivity contribution >= 4 is 18.5 Å². The first-order valence-corrected chi connectivity index (χ1v) is 6.94. The molecule has 1 saturated carbocycles. The number of hydrogen-bond donors (Lipinski definition) is 2. The van der Waals surface area contributed by atoms with Gasteiger partial charge in [0.2, 0.25) is 0 Å². The highest BCUT2D eigenvalue weighted by Crippen LogP contribution is 2.22. The summed E-state index contributed by atoms with van der Waals surface area (Å²) in [6, 6.07) is 10.0. The minimum Gasteiger partial charge on any atom is -0.445 e. The summed E-state index contributed by atoms with van der Waals surface area (Å²) in [4.78, 5) is 11.6. The molecule has 1 aromatic carbocycles. The number of nitrogens with one attached hydrogen (secondary N) is 1. The largest absolute Gasteiger partial charge is 0.445 e. The molecule has 1 amide bonds. The molecule has 0 aliphatic heterocycles. The molecule has 2 rings (SSSR count). The summed E-state index contributed by atoms with van der Waals surface area (Å²) in [5, 5.41) is 2.84. The van der Waals surface area contributed by atoms with Crippen molar-refractivity contribution in [3.63, 3.8) is 0 Å². The number of rotatable bonds is 4. The van der Waals surface area contributed by atoms with E-state index in [1.165, 1.54) is 0 Å². The molecule has 0 aromatic heterocycles. The van der Waals surface area contributed by atoms with Crippen LogP contribution >= 0.6 is 12.4 Å². The molecule has 3 N–H and O–H groups in total. The zero-order valence-electron chi connectivity index (χ0n) is 11.6. The average molecular weight is 299 g/mol. The predicted octanol–water partition coefficient (Wildman–Crippen LogP) is 2.85. The number of nitrogens with two attached hydrogens (primary N) is 1. The summed E-state index contributed by atoms with van der Waals surface area (Å²) in [6.45, 7) is 1.02. The molecule has 20 heavy (non-hydrogen) atoms. The number of alkyl carbamates (subject to hydrolysis) is 1. The number of ether oxygens (including phenoxy) is 1. The summed E-state index contributed by atoms with van der Waals surface area (Å²) < 4.78 is 5.17. The van der Waals surface area contributed by atoms with Gasteiger partial charge in [0.05, 0.1) is 0 Å². The molecule has 0 heterocycles. The quantitative estimate of drug-likeness (QED) is 0.898. The van der Waals surface area contributed by atoms with Crippen LogP contribution in [0.4, 0.5) is 4.79 Å². The van der Waals surface area contributed by atoms with E-state index in [1.54, 1.807) is 0 Å². The third-order valence-corrected chi connectivity index (χ3v) is 3.64. The van der Waals surface area contributed by atoms with Crippen LogP contribution in [0.25, 0.3) is 0 Å². The van der Waals surface area contributed by atoms with E-state index in [9.17, 15) is 4.79 Å². The zero-order valence-corrected chi connectivity index (χ0v) is 12.4. The Kier molecular flexibility index (Phi) is 7.41. The van der Waals surface area contributed by atoms with E-state index in [-0.39, 0.29) is 18.5 Å². The maximum Gasteiger partial charge on any atom is 0.407 e. The van der Waals surface area contributed by atoms with Crippen molar-refractivity contribution in [2.45, 2.75) is 38.3 Å². The van der Waals surface area contributed by atoms with Gasteiger partial charge in [0.15, 0.2) is 0 Å². The molecule has 0 radical (unpaired) electrons. The normalized spacial score (nSPS) is 21.6. The first-order valence-electron chi connectivity index (χ1n) is 6.94. The molecule has 0 atom stereocenters. The van der Waals surface area contributed by atoms with E-state index in [0.717, 1.165) is 31.2 Å². The van der Waals surface area contributed by atoms with Crippen LogP contribution in [0.2, 0.25) is 0 Å². The minimum atomic E-state index is -0.335. The molecule has 1 aliphatic carbocycles. The molecule has 0 saturated heterocycles. The Morgan fingerprint density at radius 2 is 1.85 bits per heavy atom. The molecule has 1 aromatic rings. The Morgan fingerprint density at radius 1 is 1.20 bits per heavy atom. The van der Waals surface area contributed by atoms with Crippen LogP contribution in [-0.2, 0) is 11.3 Å². The van der Waals surface area contributed by atoms with Crippen molar-refractivity contribution in [3.8, 4) is 0 Å². The van der Waals surface area contributed by atoms with Crippen LogP contribution in [0.5, 0.6) is 0 Å². The van der Waals surface area contributed by atoms with Crippen LogP contribution in [0.1, 0.15) is 31.2 Å². The van der Waals surface area contributed by atoms with E-state index in [4.69, 9.17) is 10.5 Å². The fourth-order valence-corrected chi connectivity index (χ4v) is 2.39. The maximum atomic E-state index is 11.6. The Hall–Kier alpha value is -1.26. The molecule has 1 aliphatic rings. The molecular weight excluding hydrogens is 276 g/mol. The molecular formula is C15H23ClN2O2. The highest BCUT2D eigenvalue weighted by molar-refractivity contribution is 5.85. The van der Waals surface area contributed by atoms with Crippen molar-refractivity contribution in [1.82, 2.24) is 5.32 Å². The second-order valence-corrected chi connectivity index (χ2v) is 5.22. The molecule has 4 nitrogen and oxygen atoms in total. The zero-order chi connectivity index (χ0) is 13.5. The Labute approximate surface area is 126 Å². The average Bonchev–Trinajstić information content (AvgIpc) is 2.45. The van der Waals surface area contributed by atoms with Crippen molar-refractivity contribution in [2.24, 2.45) is 11.7 Å². The van der Waals surface area contributed by atoms with Gasteiger partial charge in [0.1, 0.15) is 6.61 Å². The van der Waals surface area contributed by atoms with Gasteiger partial charge in [0.25, 0.3) is 0 Å². The van der Waals surface area contributed by atoms with Crippen LogP contribution in [0.3, 0.4) is 0 Å². The minimum absolute atomic E-state index is 0. The van der Waals surface area contributed by atoms with Gasteiger partial charge >= 0.3 is 6.09 Å². The lowest BCUT2D eigenvalue weighted by Crippen LogP contribution is -2.34. The fraction of sp³-hybridized carbons (Fsp3) is 0.533. The van der Waals surface area contributed by atoms with E-state index in [1.807, 2.05) is 30.3 Å². The second kappa shape index (κ2) is 8.82. The van der Waals surface area contributed by atoms with Gasteiger partial charge in [-0.1, -0.05) is 30.3 Å². The molecule has 0 unspecified atom stereocenters. The first kappa shape index (κ1) is 16.8. The van der Waals surface area contributed by atoms with Crippen LogP contribution in [0.15, 0.2) is 30.3 Å². The lowest BCUT2D eigenvalue weighted by Gasteiger charge is -2.25. The van der Waals surface area contributed by atoms with Gasteiger partial charge in [-0.3, -0.25) is 0 Å². The summed E-state index contributed by atoms with van der Waals surface area (Å²) in [7, 11) is 0. The van der Waals surface area contributed by atoms with Gasteiger partial charge in [-0.05, 0) is 37.2 Å². The van der Waals surface area contributed by atoms with E-state index < -0.39 is 0 Å². The first-order chi connectivity index (χ1) is 9.24.